The van der Waals surface area contributed by atoms with Gasteiger partial charge in [0.05, 0.1) is 5.92 Å². The highest BCUT2D eigenvalue weighted by Crippen LogP contribution is 2.29. The number of fused-ring (bicyclic) bond motifs is 1. The SMILES string of the molecule is NC(=O)C1CCN(C(=O)C2CCCN(c3nc4cc(Cl)ccc4o3)C2)CC1. The Labute approximate surface area is 162 Å². The Morgan fingerprint density at radius 3 is 2.67 bits per heavy atom. The minimum Gasteiger partial charge on any atom is -0.423 e. The standard InChI is InChI=1S/C19H23ClN4O3/c20-14-3-4-16-15(10-14)22-19(27-16)24-7-1-2-13(11-24)18(26)23-8-5-12(6-9-23)17(21)25/h3-4,10,12-13H,1-2,5-9,11H2,(H2,21,25). The maximum absolute atomic E-state index is 12.9. The molecule has 1 aromatic heterocycles. The van der Waals surface area contributed by atoms with E-state index in [-0.39, 0.29) is 23.7 Å². The van der Waals surface area contributed by atoms with Crippen LogP contribution in [-0.4, -0.2) is 47.9 Å². The molecule has 2 aliphatic rings. The number of benzene rings is 1. The van der Waals surface area contributed by atoms with Crippen LogP contribution in [0.3, 0.4) is 0 Å². The van der Waals surface area contributed by atoms with Crippen LogP contribution in [0.2, 0.25) is 5.02 Å². The Bertz CT molecular complexity index is 860. The van der Waals surface area contributed by atoms with Crippen molar-refractivity contribution in [3.8, 4) is 0 Å². The molecule has 0 aliphatic carbocycles. The molecule has 1 unspecified atom stereocenters. The topological polar surface area (TPSA) is 92.7 Å². The number of carbonyl (C=O) groups excluding carboxylic acids is 2. The molecule has 8 heteroatoms. The third-order valence-electron chi connectivity index (χ3n) is 5.59. The van der Waals surface area contributed by atoms with Gasteiger partial charge in [-0.25, -0.2) is 0 Å². The monoisotopic (exact) mass is 390 g/mol. The minimum absolute atomic E-state index is 0.0810. The number of primary amides is 1. The second kappa shape index (κ2) is 7.38. The molecule has 7 nitrogen and oxygen atoms in total. The van der Waals surface area contributed by atoms with Crippen molar-refractivity contribution in [3.63, 3.8) is 0 Å². The number of aromatic nitrogens is 1. The molecule has 144 valence electrons. The maximum Gasteiger partial charge on any atom is 0.298 e. The van der Waals surface area contributed by atoms with Gasteiger partial charge >= 0.3 is 0 Å². The van der Waals surface area contributed by atoms with E-state index in [0.717, 1.165) is 24.9 Å². The van der Waals surface area contributed by atoms with Crippen molar-refractivity contribution in [3.05, 3.63) is 23.2 Å². The molecule has 2 fully saturated rings. The fraction of sp³-hybridized carbons (Fsp3) is 0.526. The predicted octanol–water partition coefficient (Wildman–Crippen LogP) is 2.42. The van der Waals surface area contributed by atoms with Gasteiger partial charge in [0.1, 0.15) is 5.52 Å². The summed E-state index contributed by atoms with van der Waals surface area (Å²) in [5.41, 5.74) is 6.79. The van der Waals surface area contributed by atoms with Crippen LogP contribution < -0.4 is 10.6 Å². The molecule has 3 heterocycles. The molecular weight excluding hydrogens is 368 g/mol. The summed E-state index contributed by atoms with van der Waals surface area (Å²) in [5, 5.41) is 0.619. The lowest BCUT2D eigenvalue weighted by atomic mass is 9.92. The normalized spacial score (nSPS) is 21.6. The number of nitrogens with two attached hydrogens (primary N) is 1. The maximum atomic E-state index is 12.9. The number of hydrogen-bond acceptors (Lipinski definition) is 5. The third kappa shape index (κ3) is 3.74. The summed E-state index contributed by atoms with van der Waals surface area (Å²) in [4.78, 5) is 32.7. The molecule has 4 rings (SSSR count). The lowest BCUT2D eigenvalue weighted by molar-refractivity contribution is -0.138. The van der Waals surface area contributed by atoms with Crippen molar-refractivity contribution in [2.24, 2.45) is 17.6 Å². The molecule has 1 atom stereocenters. The molecule has 0 spiro atoms. The van der Waals surface area contributed by atoms with Crippen LogP contribution in [0.4, 0.5) is 6.01 Å². The van der Waals surface area contributed by atoms with Gasteiger partial charge in [0, 0.05) is 37.1 Å². The summed E-state index contributed by atoms with van der Waals surface area (Å²) >= 11 is 6.02. The van der Waals surface area contributed by atoms with Gasteiger partial charge in [0.2, 0.25) is 11.8 Å². The second-order valence-electron chi connectivity index (χ2n) is 7.40. The summed E-state index contributed by atoms with van der Waals surface area (Å²) in [6, 6.07) is 5.90. The zero-order valence-electron chi connectivity index (χ0n) is 15.1. The number of piperidine rings is 2. The Morgan fingerprint density at radius 1 is 1.15 bits per heavy atom. The fourth-order valence-electron chi connectivity index (χ4n) is 4.02. The molecule has 27 heavy (non-hydrogen) atoms. The van der Waals surface area contributed by atoms with E-state index >= 15 is 0 Å². The Hall–Kier alpha value is -2.28. The van der Waals surface area contributed by atoms with Gasteiger partial charge in [-0.2, -0.15) is 4.98 Å². The first-order valence-electron chi connectivity index (χ1n) is 9.40. The summed E-state index contributed by atoms with van der Waals surface area (Å²) in [7, 11) is 0. The Morgan fingerprint density at radius 2 is 1.93 bits per heavy atom. The number of rotatable bonds is 3. The molecule has 2 aliphatic heterocycles. The van der Waals surface area contributed by atoms with Gasteiger partial charge in [-0.15, -0.1) is 0 Å². The van der Waals surface area contributed by atoms with E-state index in [9.17, 15) is 9.59 Å². The lowest BCUT2D eigenvalue weighted by Crippen LogP contribution is -2.48. The van der Waals surface area contributed by atoms with E-state index in [4.69, 9.17) is 21.8 Å². The fourth-order valence-corrected chi connectivity index (χ4v) is 4.19. The van der Waals surface area contributed by atoms with E-state index in [2.05, 4.69) is 4.98 Å². The van der Waals surface area contributed by atoms with E-state index < -0.39 is 0 Å². The first-order valence-corrected chi connectivity index (χ1v) is 9.78. The molecule has 2 amide bonds. The second-order valence-corrected chi connectivity index (χ2v) is 7.83. The smallest absolute Gasteiger partial charge is 0.298 e. The minimum atomic E-state index is -0.262. The van der Waals surface area contributed by atoms with E-state index in [1.165, 1.54) is 0 Å². The van der Waals surface area contributed by atoms with Gasteiger partial charge in [-0.05, 0) is 43.9 Å². The highest BCUT2D eigenvalue weighted by atomic mass is 35.5. The number of amides is 2. The zero-order chi connectivity index (χ0) is 19.0. The van der Waals surface area contributed by atoms with Gasteiger partial charge in [-0.1, -0.05) is 11.6 Å². The van der Waals surface area contributed by atoms with E-state index in [1.54, 1.807) is 12.1 Å². The van der Waals surface area contributed by atoms with Gasteiger partial charge in [0.15, 0.2) is 5.58 Å². The summed E-state index contributed by atoms with van der Waals surface area (Å²) < 4.78 is 5.86. The van der Waals surface area contributed by atoms with Crippen LogP contribution in [0.1, 0.15) is 25.7 Å². The van der Waals surface area contributed by atoms with Crippen molar-refractivity contribution in [1.82, 2.24) is 9.88 Å². The zero-order valence-corrected chi connectivity index (χ0v) is 15.8. The highest BCUT2D eigenvalue weighted by Gasteiger charge is 2.33. The van der Waals surface area contributed by atoms with Crippen molar-refractivity contribution in [2.45, 2.75) is 25.7 Å². The van der Waals surface area contributed by atoms with Crippen molar-refractivity contribution >= 4 is 40.5 Å². The number of oxazole rings is 1. The first kappa shape index (κ1) is 18.1. The summed E-state index contributed by atoms with van der Waals surface area (Å²) in [5.74, 6) is -0.297. The summed E-state index contributed by atoms with van der Waals surface area (Å²) in [6.45, 7) is 2.61. The van der Waals surface area contributed by atoms with Gasteiger partial charge in [0.25, 0.3) is 6.01 Å². The Balaban J connectivity index is 1.43. The number of carbonyl (C=O) groups is 2. The molecule has 0 radical (unpaired) electrons. The van der Waals surface area contributed by atoms with Crippen LogP contribution in [0, 0.1) is 11.8 Å². The Kier molecular flexibility index (Phi) is 4.95. The van der Waals surface area contributed by atoms with Crippen LogP contribution in [0.5, 0.6) is 0 Å². The van der Waals surface area contributed by atoms with Gasteiger partial charge in [-0.3, -0.25) is 9.59 Å². The number of halogens is 1. The van der Waals surface area contributed by atoms with Crippen molar-refractivity contribution < 1.29 is 14.0 Å². The van der Waals surface area contributed by atoms with Crippen LogP contribution in [-0.2, 0) is 9.59 Å². The predicted molar refractivity (Wildman–Crippen MR) is 102 cm³/mol. The average Bonchev–Trinajstić information content (AvgIpc) is 3.11. The molecule has 1 aromatic carbocycles. The average molecular weight is 391 g/mol. The summed E-state index contributed by atoms with van der Waals surface area (Å²) in [6.07, 6.45) is 3.08. The van der Waals surface area contributed by atoms with Crippen molar-refractivity contribution in [2.75, 3.05) is 31.1 Å². The van der Waals surface area contributed by atoms with E-state index in [1.807, 2.05) is 15.9 Å². The van der Waals surface area contributed by atoms with Crippen LogP contribution in [0.15, 0.2) is 22.6 Å². The van der Waals surface area contributed by atoms with Crippen molar-refractivity contribution in [1.29, 1.82) is 0 Å². The first-order chi connectivity index (χ1) is 13.0. The lowest BCUT2D eigenvalue weighted by Gasteiger charge is -2.36. The number of nitrogens with zero attached hydrogens (tertiary/aromatic N) is 3. The molecular formula is C19H23ClN4O3. The number of hydrogen-bond donors (Lipinski definition) is 1. The number of likely N-dealkylation sites (tertiary alicyclic amines) is 1. The number of anilines is 1. The molecule has 2 aromatic rings. The molecule has 2 N–H and O–H groups in total. The molecule has 0 bridgehead atoms. The quantitative estimate of drug-likeness (QED) is 0.868. The van der Waals surface area contributed by atoms with Crippen LogP contribution >= 0.6 is 11.6 Å². The van der Waals surface area contributed by atoms with Crippen LogP contribution in [0.25, 0.3) is 11.1 Å². The third-order valence-corrected chi connectivity index (χ3v) is 5.82. The highest BCUT2D eigenvalue weighted by molar-refractivity contribution is 6.31. The molecule has 2 saturated heterocycles. The largest absolute Gasteiger partial charge is 0.423 e. The molecule has 0 saturated carbocycles. The van der Waals surface area contributed by atoms with E-state index in [0.29, 0.717) is 49.1 Å². The van der Waals surface area contributed by atoms with Gasteiger partial charge < -0.3 is 20.0 Å².